The molecule has 27 heavy (non-hydrogen) atoms. The Balaban J connectivity index is 1.55. The molecule has 2 saturated heterocycles. The summed E-state index contributed by atoms with van der Waals surface area (Å²) in [4.78, 5) is 23.5. The number of amides is 1. The zero-order chi connectivity index (χ0) is 18.7. The maximum Gasteiger partial charge on any atom is 0.220 e. The number of para-hydroxylation sites is 1. The van der Waals surface area contributed by atoms with Crippen molar-refractivity contribution in [1.82, 2.24) is 20.5 Å². The van der Waals surface area contributed by atoms with Gasteiger partial charge in [0.25, 0.3) is 0 Å². The van der Waals surface area contributed by atoms with Crippen molar-refractivity contribution in [2.75, 3.05) is 26.2 Å². The topological polar surface area (TPSA) is 69.6 Å². The predicted octanol–water partition coefficient (Wildman–Crippen LogP) is 2.30. The molecule has 3 heterocycles. The number of pyridine rings is 1. The Morgan fingerprint density at radius 3 is 3.07 bits per heavy atom. The number of likely N-dealkylation sites (tertiary alicyclic amines) is 1. The first-order valence-corrected chi connectivity index (χ1v) is 9.82. The van der Waals surface area contributed by atoms with Gasteiger partial charge in [-0.15, -0.1) is 0 Å². The quantitative estimate of drug-likeness (QED) is 0.647. The second-order valence-electron chi connectivity index (χ2n) is 7.64. The van der Waals surface area contributed by atoms with Gasteiger partial charge < -0.3 is 15.5 Å². The fourth-order valence-electron chi connectivity index (χ4n) is 4.31. The number of hydrogen-bond acceptors (Lipinski definition) is 3. The lowest BCUT2D eigenvalue weighted by atomic mass is 9.79. The number of aromatic nitrogens is 1. The Labute approximate surface area is 160 Å². The van der Waals surface area contributed by atoms with Crippen LogP contribution < -0.4 is 10.6 Å². The minimum absolute atomic E-state index is 0.0620. The number of carbonyl (C=O) groups excluding carboxylic acids is 1. The third-order valence-electron chi connectivity index (χ3n) is 5.61. The maximum absolute atomic E-state index is 11.8. The van der Waals surface area contributed by atoms with Crippen molar-refractivity contribution >= 4 is 22.8 Å². The molecule has 0 radical (unpaired) electrons. The number of nitrogens with zero attached hydrogens (tertiary/aromatic N) is 3. The Hall–Kier alpha value is -2.63. The van der Waals surface area contributed by atoms with Crippen LogP contribution in [0.4, 0.5) is 0 Å². The lowest BCUT2D eigenvalue weighted by Crippen LogP contribution is -2.51. The molecule has 1 atom stereocenters. The summed E-state index contributed by atoms with van der Waals surface area (Å²) in [5.41, 5.74) is 2.21. The van der Waals surface area contributed by atoms with Crippen LogP contribution in [0.3, 0.4) is 0 Å². The van der Waals surface area contributed by atoms with Crippen LogP contribution in [0.5, 0.6) is 0 Å². The van der Waals surface area contributed by atoms with Crippen LogP contribution in [0.1, 0.15) is 31.7 Å². The van der Waals surface area contributed by atoms with Gasteiger partial charge in [0, 0.05) is 49.6 Å². The summed E-state index contributed by atoms with van der Waals surface area (Å²) >= 11 is 0. The molecule has 4 rings (SSSR count). The van der Waals surface area contributed by atoms with E-state index in [9.17, 15) is 4.79 Å². The molecule has 2 aromatic rings. The molecule has 2 fully saturated rings. The Morgan fingerprint density at radius 1 is 1.37 bits per heavy atom. The number of aliphatic imine (C=N–C) groups is 1. The second-order valence-corrected chi connectivity index (χ2v) is 7.64. The fraction of sp³-hybridized carbons (Fsp3) is 0.476. The molecular weight excluding hydrogens is 338 g/mol. The van der Waals surface area contributed by atoms with E-state index >= 15 is 0 Å². The van der Waals surface area contributed by atoms with E-state index in [4.69, 9.17) is 4.99 Å². The number of piperidine rings is 1. The number of benzene rings is 1. The molecule has 0 saturated carbocycles. The van der Waals surface area contributed by atoms with E-state index < -0.39 is 0 Å². The minimum atomic E-state index is 0.0620. The number of fused-ring (bicyclic) bond motifs is 1. The van der Waals surface area contributed by atoms with Gasteiger partial charge in [-0.1, -0.05) is 24.3 Å². The van der Waals surface area contributed by atoms with Crippen LogP contribution in [0.15, 0.2) is 41.5 Å². The first-order valence-electron chi connectivity index (χ1n) is 9.82. The third-order valence-corrected chi connectivity index (χ3v) is 5.61. The molecule has 1 spiro atoms. The van der Waals surface area contributed by atoms with Crippen LogP contribution in [0, 0.1) is 5.41 Å². The van der Waals surface area contributed by atoms with Crippen molar-refractivity contribution < 1.29 is 4.79 Å². The lowest BCUT2D eigenvalue weighted by Gasteiger charge is -2.40. The zero-order valence-corrected chi connectivity index (χ0v) is 15.9. The molecule has 2 aliphatic heterocycles. The Bertz CT molecular complexity index is 859. The van der Waals surface area contributed by atoms with Crippen LogP contribution in [-0.2, 0) is 11.3 Å². The van der Waals surface area contributed by atoms with E-state index in [-0.39, 0.29) is 11.3 Å². The number of rotatable bonds is 3. The monoisotopic (exact) mass is 365 g/mol. The number of carbonyl (C=O) groups is 1. The minimum Gasteiger partial charge on any atom is -0.357 e. The highest BCUT2D eigenvalue weighted by molar-refractivity contribution is 5.83. The van der Waals surface area contributed by atoms with Crippen molar-refractivity contribution in [3.63, 3.8) is 0 Å². The van der Waals surface area contributed by atoms with Gasteiger partial charge in [0.05, 0.1) is 12.1 Å². The number of guanidine groups is 1. The zero-order valence-electron chi connectivity index (χ0n) is 15.9. The van der Waals surface area contributed by atoms with Crippen LogP contribution in [0.2, 0.25) is 0 Å². The van der Waals surface area contributed by atoms with Gasteiger partial charge in [-0.2, -0.15) is 0 Å². The molecule has 142 valence electrons. The van der Waals surface area contributed by atoms with E-state index in [2.05, 4.69) is 51.7 Å². The molecule has 0 bridgehead atoms. The predicted molar refractivity (Wildman–Crippen MR) is 107 cm³/mol. The molecular formula is C21H27N5O. The molecule has 1 aromatic carbocycles. The van der Waals surface area contributed by atoms with E-state index in [0.717, 1.165) is 61.4 Å². The molecule has 0 aliphatic carbocycles. The molecule has 1 amide bonds. The molecule has 6 nitrogen and oxygen atoms in total. The second kappa shape index (κ2) is 7.55. The maximum atomic E-state index is 11.8. The van der Waals surface area contributed by atoms with Crippen molar-refractivity contribution in [1.29, 1.82) is 0 Å². The summed E-state index contributed by atoms with van der Waals surface area (Å²) < 4.78 is 0. The first-order chi connectivity index (χ1) is 13.2. The average molecular weight is 365 g/mol. The summed E-state index contributed by atoms with van der Waals surface area (Å²) in [6.45, 7) is 6.16. The Kier molecular flexibility index (Phi) is 4.97. The summed E-state index contributed by atoms with van der Waals surface area (Å²) in [5, 5.41) is 7.60. The highest BCUT2D eigenvalue weighted by atomic mass is 16.1. The third kappa shape index (κ3) is 3.75. The fourth-order valence-corrected chi connectivity index (χ4v) is 4.31. The van der Waals surface area contributed by atoms with Crippen molar-refractivity contribution in [3.8, 4) is 0 Å². The SMILES string of the molecule is CCNC(=NCc1cccc2cccnc12)N1CCCC2(CNC(=O)C2)C1. The van der Waals surface area contributed by atoms with E-state index in [0.29, 0.717) is 13.0 Å². The van der Waals surface area contributed by atoms with Gasteiger partial charge in [-0.25, -0.2) is 4.99 Å². The summed E-state index contributed by atoms with van der Waals surface area (Å²) in [6, 6.07) is 10.3. The standard InChI is InChI=1S/C21H27N5O/c1-2-22-20(26-11-5-9-21(15-26)12-18(27)25-14-21)24-13-17-7-3-6-16-8-4-10-23-19(16)17/h3-4,6-8,10H,2,5,9,11-15H2,1H3,(H,22,24)(H,25,27). The van der Waals surface area contributed by atoms with Gasteiger partial charge in [-0.05, 0) is 31.4 Å². The van der Waals surface area contributed by atoms with E-state index in [1.54, 1.807) is 0 Å². The van der Waals surface area contributed by atoms with Crippen molar-refractivity contribution in [3.05, 3.63) is 42.1 Å². The van der Waals surface area contributed by atoms with E-state index in [1.165, 1.54) is 0 Å². The molecule has 2 aliphatic rings. The highest BCUT2D eigenvalue weighted by Crippen LogP contribution is 2.36. The molecule has 1 aromatic heterocycles. The van der Waals surface area contributed by atoms with Gasteiger partial charge in [0.2, 0.25) is 5.91 Å². The Morgan fingerprint density at radius 2 is 2.26 bits per heavy atom. The highest BCUT2D eigenvalue weighted by Gasteiger charge is 2.42. The summed E-state index contributed by atoms with van der Waals surface area (Å²) in [5.74, 6) is 1.12. The van der Waals surface area contributed by atoms with Crippen LogP contribution in [-0.4, -0.2) is 47.9 Å². The van der Waals surface area contributed by atoms with Gasteiger partial charge >= 0.3 is 0 Å². The smallest absolute Gasteiger partial charge is 0.220 e. The van der Waals surface area contributed by atoms with Crippen molar-refractivity contribution in [2.24, 2.45) is 10.4 Å². The lowest BCUT2D eigenvalue weighted by molar-refractivity contribution is -0.119. The first kappa shape index (κ1) is 17.8. The van der Waals surface area contributed by atoms with Crippen LogP contribution in [0.25, 0.3) is 10.9 Å². The van der Waals surface area contributed by atoms with E-state index in [1.807, 2.05) is 12.3 Å². The van der Waals surface area contributed by atoms with Gasteiger partial charge in [-0.3, -0.25) is 9.78 Å². The summed E-state index contributed by atoms with van der Waals surface area (Å²) in [6.07, 6.45) is 4.67. The normalized spacial score (nSPS) is 23.1. The van der Waals surface area contributed by atoms with Gasteiger partial charge in [0.1, 0.15) is 0 Å². The van der Waals surface area contributed by atoms with Gasteiger partial charge in [0.15, 0.2) is 5.96 Å². The average Bonchev–Trinajstić information content (AvgIpc) is 3.04. The largest absolute Gasteiger partial charge is 0.357 e. The van der Waals surface area contributed by atoms with Crippen LogP contribution >= 0.6 is 0 Å². The number of hydrogen-bond donors (Lipinski definition) is 2. The van der Waals surface area contributed by atoms with Crippen molar-refractivity contribution in [2.45, 2.75) is 32.7 Å². The molecule has 1 unspecified atom stereocenters. The molecule has 6 heteroatoms. The number of nitrogens with one attached hydrogen (secondary N) is 2. The summed E-state index contributed by atoms with van der Waals surface area (Å²) in [7, 11) is 0. The molecule has 2 N–H and O–H groups in total.